The molecule has 11 rings (SSSR count). The Hall–Kier alpha value is -6.94. The zero-order chi connectivity index (χ0) is 40.5. The fraction of sp³-hybridized carbons (Fsp3) is 0.103. The van der Waals surface area contributed by atoms with Crippen molar-refractivity contribution in [1.82, 2.24) is 0 Å². The van der Waals surface area contributed by atoms with Gasteiger partial charge in [-0.05, 0) is 132 Å². The highest BCUT2D eigenvalue weighted by atomic mass is 32.1. The van der Waals surface area contributed by atoms with Crippen LogP contribution in [0.3, 0.4) is 0 Å². The Morgan fingerprint density at radius 2 is 1.26 bits per heavy atom. The second-order valence-electron chi connectivity index (χ2n) is 16.2. The maximum atomic E-state index is 2.48. The summed E-state index contributed by atoms with van der Waals surface area (Å²) in [5, 5.41) is 5.20. The lowest BCUT2D eigenvalue weighted by Crippen LogP contribution is -2.23. The van der Waals surface area contributed by atoms with E-state index >= 15 is 0 Å². The van der Waals surface area contributed by atoms with E-state index in [0.717, 1.165) is 32.1 Å². The topological polar surface area (TPSA) is 6.48 Å². The Balaban J connectivity index is 0.893. The molecule has 0 saturated heterocycles. The number of hydrogen-bond acceptors (Lipinski definition) is 3. The van der Waals surface area contributed by atoms with E-state index < -0.39 is 0 Å². The minimum Gasteiger partial charge on any atom is -0.315 e. The summed E-state index contributed by atoms with van der Waals surface area (Å²) < 4.78 is 2.72. The highest BCUT2D eigenvalue weighted by molar-refractivity contribution is 7.26. The zero-order valence-corrected chi connectivity index (χ0v) is 34.9. The first-order chi connectivity index (χ1) is 30.2. The van der Waals surface area contributed by atoms with E-state index in [1.165, 1.54) is 92.9 Å². The second-order valence-corrected chi connectivity index (χ2v) is 17.3. The minimum absolute atomic E-state index is 0.308. The molecular weight excluding hydrogens is 757 g/mol. The van der Waals surface area contributed by atoms with Crippen LogP contribution >= 0.6 is 11.3 Å². The van der Waals surface area contributed by atoms with Crippen molar-refractivity contribution in [3.05, 3.63) is 241 Å². The fourth-order valence-electron chi connectivity index (χ4n) is 9.45. The molecule has 0 spiro atoms. The third kappa shape index (κ3) is 7.15. The first kappa shape index (κ1) is 37.1. The average Bonchev–Trinajstić information content (AvgIpc) is 3.72. The minimum atomic E-state index is 0.308. The van der Waals surface area contributed by atoms with Gasteiger partial charge in [0.25, 0.3) is 0 Å². The van der Waals surface area contributed by atoms with Gasteiger partial charge in [-0.1, -0.05) is 146 Å². The second kappa shape index (κ2) is 16.3. The van der Waals surface area contributed by atoms with Gasteiger partial charge in [0.1, 0.15) is 0 Å². The Bertz CT molecular complexity index is 3100. The third-order valence-corrected chi connectivity index (χ3v) is 13.7. The molecule has 0 aliphatic heterocycles. The lowest BCUT2D eigenvalue weighted by Gasteiger charge is -2.32. The molecule has 1 heterocycles. The molecule has 0 bridgehead atoms. The molecule has 0 amide bonds. The molecule has 3 heteroatoms. The first-order valence-electron chi connectivity index (χ1n) is 21.6. The summed E-state index contributed by atoms with van der Waals surface area (Å²) in [6.07, 6.45) is 23.9. The van der Waals surface area contributed by atoms with Crippen molar-refractivity contribution in [3.8, 4) is 11.1 Å². The smallest absolute Gasteiger partial charge is 0.0539 e. The van der Waals surface area contributed by atoms with Crippen molar-refractivity contribution >= 4 is 64.9 Å². The van der Waals surface area contributed by atoms with Crippen molar-refractivity contribution in [1.29, 1.82) is 0 Å². The standard InChI is InChI=1S/C58H46N2S/c1-4-15-41(16-5-1)46-39-54(58-55(40-46)53-24-12-13-26-57(53)61-58)45-31-37-50(38-32-45)59(47-19-6-2-7-20-47)49-33-27-42(28-34-49)43-29-35-51(36-30-43)60(48-21-8-3-9-22-48)56-25-14-18-44-17-10-11-23-52(44)56/h1-2,4-8,10-27,29-31,33-37,39-40,42H,3,9,28,32,38H2. The molecule has 0 saturated carbocycles. The van der Waals surface area contributed by atoms with E-state index in [-0.39, 0.29) is 0 Å². The zero-order valence-electron chi connectivity index (χ0n) is 34.1. The molecule has 294 valence electrons. The molecule has 0 N–H and O–H groups in total. The largest absolute Gasteiger partial charge is 0.315 e. The Labute approximate surface area is 362 Å². The Kier molecular flexibility index (Phi) is 9.88. The summed E-state index contributed by atoms with van der Waals surface area (Å²) in [6.45, 7) is 0. The van der Waals surface area contributed by atoms with Crippen molar-refractivity contribution in [2.75, 3.05) is 9.80 Å². The van der Waals surface area contributed by atoms with Gasteiger partial charge in [0.2, 0.25) is 0 Å². The maximum absolute atomic E-state index is 2.48. The number of allylic oxidation sites excluding steroid dienone is 10. The monoisotopic (exact) mass is 802 g/mol. The van der Waals surface area contributed by atoms with Gasteiger partial charge in [-0.25, -0.2) is 0 Å². The summed E-state index contributed by atoms with van der Waals surface area (Å²) in [5.41, 5.74) is 14.0. The van der Waals surface area contributed by atoms with Crippen molar-refractivity contribution in [3.63, 3.8) is 0 Å². The molecule has 8 aromatic rings. The van der Waals surface area contributed by atoms with E-state index in [4.69, 9.17) is 0 Å². The third-order valence-electron chi connectivity index (χ3n) is 12.5. The summed E-state index contributed by atoms with van der Waals surface area (Å²) in [4.78, 5) is 4.91. The molecule has 1 aromatic heterocycles. The van der Waals surface area contributed by atoms with E-state index in [0.29, 0.717) is 5.92 Å². The number of fused-ring (bicyclic) bond motifs is 4. The van der Waals surface area contributed by atoms with Crippen molar-refractivity contribution in [2.45, 2.75) is 38.0 Å². The van der Waals surface area contributed by atoms with Crippen LogP contribution in [0.4, 0.5) is 17.1 Å². The van der Waals surface area contributed by atoms with Crippen LogP contribution in [0.15, 0.2) is 229 Å². The predicted molar refractivity (Wildman–Crippen MR) is 263 cm³/mol. The predicted octanol–water partition coefficient (Wildman–Crippen LogP) is 16.4. The van der Waals surface area contributed by atoms with Crippen LogP contribution in [0, 0.1) is 0 Å². The van der Waals surface area contributed by atoms with E-state index in [1.807, 2.05) is 11.3 Å². The van der Waals surface area contributed by atoms with Gasteiger partial charge in [0.15, 0.2) is 0 Å². The number of para-hydroxylation sites is 1. The van der Waals surface area contributed by atoms with Gasteiger partial charge in [-0.2, -0.15) is 0 Å². The molecule has 3 aliphatic rings. The van der Waals surface area contributed by atoms with Crippen LogP contribution < -0.4 is 9.80 Å². The van der Waals surface area contributed by atoms with Gasteiger partial charge in [0.05, 0.1) is 5.69 Å². The average molecular weight is 803 g/mol. The summed E-state index contributed by atoms with van der Waals surface area (Å²) in [6, 6.07) is 60.0. The molecule has 0 fully saturated rings. The van der Waals surface area contributed by atoms with Gasteiger partial charge in [-0.3, -0.25) is 0 Å². The van der Waals surface area contributed by atoms with E-state index in [2.05, 4.69) is 222 Å². The molecule has 7 aromatic carbocycles. The van der Waals surface area contributed by atoms with Gasteiger partial charge in [-0.15, -0.1) is 11.3 Å². The molecule has 61 heavy (non-hydrogen) atoms. The van der Waals surface area contributed by atoms with Crippen LogP contribution in [0.1, 0.15) is 49.1 Å². The highest BCUT2D eigenvalue weighted by Gasteiger charge is 2.24. The lowest BCUT2D eigenvalue weighted by atomic mass is 9.89. The van der Waals surface area contributed by atoms with Crippen molar-refractivity contribution in [2.24, 2.45) is 0 Å². The van der Waals surface area contributed by atoms with Crippen LogP contribution in [0.2, 0.25) is 0 Å². The van der Waals surface area contributed by atoms with Crippen molar-refractivity contribution < 1.29 is 0 Å². The molecule has 1 unspecified atom stereocenters. The fourth-order valence-corrected chi connectivity index (χ4v) is 10.7. The molecular formula is C58H46N2S. The molecule has 0 radical (unpaired) electrons. The summed E-state index contributed by atoms with van der Waals surface area (Å²) >= 11 is 1.92. The van der Waals surface area contributed by atoms with E-state index in [1.54, 1.807) is 0 Å². The number of anilines is 3. The summed E-state index contributed by atoms with van der Waals surface area (Å²) in [5.74, 6) is 0.308. The molecule has 3 aliphatic carbocycles. The Morgan fingerprint density at radius 1 is 0.525 bits per heavy atom. The van der Waals surface area contributed by atoms with Crippen LogP contribution in [-0.4, -0.2) is 0 Å². The first-order valence-corrected chi connectivity index (χ1v) is 22.5. The number of thiophene rings is 1. The lowest BCUT2D eigenvalue weighted by molar-refractivity contribution is 0.828. The van der Waals surface area contributed by atoms with Crippen LogP contribution in [0.5, 0.6) is 0 Å². The molecule has 2 nitrogen and oxygen atoms in total. The van der Waals surface area contributed by atoms with Gasteiger partial charge >= 0.3 is 0 Å². The summed E-state index contributed by atoms with van der Waals surface area (Å²) in [7, 11) is 0. The normalized spacial score (nSPS) is 16.3. The Morgan fingerprint density at radius 3 is 2.03 bits per heavy atom. The maximum Gasteiger partial charge on any atom is 0.0539 e. The number of hydrogen-bond donors (Lipinski definition) is 0. The highest BCUT2D eigenvalue weighted by Crippen LogP contribution is 2.44. The molecule has 1 atom stereocenters. The number of rotatable bonds is 9. The van der Waals surface area contributed by atoms with Crippen LogP contribution in [0.25, 0.3) is 47.6 Å². The SMILES string of the molecule is C1=CC(N(c2ccc(C3C=CC(N(C4=CC=C(c5cc(-c6ccccc6)cc6c5sc5ccccc56)CC4)c4ccccc4)=CC3)cc2)c2cccc3ccccc23)=CCC1. The number of nitrogens with zero attached hydrogens (tertiary/aromatic N) is 2. The van der Waals surface area contributed by atoms with Gasteiger partial charge < -0.3 is 9.80 Å². The van der Waals surface area contributed by atoms with Gasteiger partial charge in [0, 0.05) is 59.9 Å². The number of benzene rings is 7. The van der Waals surface area contributed by atoms with Crippen LogP contribution in [-0.2, 0) is 0 Å². The van der Waals surface area contributed by atoms with E-state index in [9.17, 15) is 0 Å². The quantitative estimate of drug-likeness (QED) is 0.143.